The van der Waals surface area contributed by atoms with Crippen LogP contribution in [0.2, 0.25) is 0 Å². The molecule has 0 atom stereocenters. The van der Waals surface area contributed by atoms with Crippen LogP contribution in [0.25, 0.3) is 11.0 Å². The summed E-state index contributed by atoms with van der Waals surface area (Å²) in [5.74, 6) is -0.417. The molecule has 1 aromatic carbocycles. The van der Waals surface area contributed by atoms with Crippen LogP contribution in [-0.2, 0) is 6.54 Å². The number of aryl methyl sites for hydroxylation is 1. The molecule has 0 bridgehead atoms. The van der Waals surface area contributed by atoms with Gasteiger partial charge in [0.1, 0.15) is 12.1 Å². The van der Waals surface area contributed by atoms with Crippen molar-refractivity contribution in [3.05, 3.63) is 48.0 Å². The Morgan fingerprint density at radius 2 is 2.09 bits per heavy atom. The Balaban J connectivity index is 1.80. The maximum Gasteiger partial charge on any atom is 0.408 e. The number of halogens is 3. The maximum atomic E-state index is 12.3. The van der Waals surface area contributed by atoms with Crippen molar-refractivity contribution >= 4 is 22.6 Å². The van der Waals surface area contributed by atoms with E-state index in [0.717, 1.165) is 17.8 Å². The van der Waals surface area contributed by atoms with E-state index >= 15 is 0 Å². The van der Waals surface area contributed by atoms with Crippen molar-refractivity contribution in [2.45, 2.75) is 19.6 Å². The van der Waals surface area contributed by atoms with E-state index in [1.54, 1.807) is 19.1 Å². The number of benzene rings is 1. The number of alkyl halides is 3. The zero-order valence-electron chi connectivity index (χ0n) is 12.0. The summed E-state index contributed by atoms with van der Waals surface area (Å²) in [5.41, 5.74) is 1.41. The van der Waals surface area contributed by atoms with Gasteiger partial charge < -0.3 is 9.73 Å². The normalized spacial score (nSPS) is 11.8. The highest BCUT2D eigenvalue weighted by molar-refractivity contribution is 6.06. The van der Waals surface area contributed by atoms with Crippen LogP contribution >= 0.6 is 0 Å². The minimum absolute atomic E-state index is 0.120. The molecule has 0 aliphatic heterocycles. The molecule has 1 N–H and O–H groups in total. The van der Waals surface area contributed by atoms with E-state index in [4.69, 9.17) is 4.42 Å². The van der Waals surface area contributed by atoms with Gasteiger partial charge in [-0.1, -0.05) is 18.2 Å². The Hall–Kier alpha value is -2.77. The number of hydrogen-bond acceptors (Lipinski definition) is 3. The van der Waals surface area contributed by atoms with Crippen molar-refractivity contribution in [1.29, 1.82) is 0 Å². The smallest absolute Gasteiger partial charge is 0.408 e. The van der Waals surface area contributed by atoms with Crippen molar-refractivity contribution in [2.24, 2.45) is 0 Å². The van der Waals surface area contributed by atoms with E-state index in [1.807, 2.05) is 12.1 Å². The number of hydrogen-bond donors (Lipinski definition) is 1. The highest BCUT2D eigenvalue weighted by Gasteiger charge is 2.28. The molecule has 2 heterocycles. The van der Waals surface area contributed by atoms with Crippen LogP contribution < -0.4 is 5.32 Å². The topological polar surface area (TPSA) is 60.1 Å². The minimum atomic E-state index is -4.37. The number of furan rings is 1. The lowest BCUT2D eigenvalue weighted by Gasteiger charge is -2.05. The molecule has 23 heavy (non-hydrogen) atoms. The zero-order chi connectivity index (χ0) is 16.6. The van der Waals surface area contributed by atoms with Crippen molar-refractivity contribution in [3.8, 4) is 0 Å². The summed E-state index contributed by atoms with van der Waals surface area (Å²) in [4.78, 5) is 12.2. The SMILES string of the molecule is Cc1c(C(=O)Nc2cnn(CC(F)(F)F)c2)oc2ccccc12. The number of fused-ring (bicyclic) bond motifs is 1. The summed E-state index contributed by atoms with van der Waals surface area (Å²) in [6.07, 6.45) is -2.10. The molecule has 0 aliphatic rings. The van der Waals surface area contributed by atoms with Crippen LogP contribution in [-0.4, -0.2) is 21.9 Å². The van der Waals surface area contributed by atoms with Gasteiger partial charge in [0.15, 0.2) is 5.76 Å². The van der Waals surface area contributed by atoms with Crippen molar-refractivity contribution in [2.75, 3.05) is 5.32 Å². The summed E-state index contributed by atoms with van der Waals surface area (Å²) in [5, 5.41) is 6.86. The molecule has 0 saturated carbocycles. The predicted molar refractivity (Wildman–Crippen MR) is 77.2 cm³/mol. The fourth-order valence-electron chi connectivity index (χ4n) is 2.28. The van der Waals surface area contributed by atoms with Crippen LogP contribution in [0.5, 0.6) is 0 Å². The summed E-state index contributed by atoms with van der Waals surface area (Å²) in [7, 11) is 0. The largest absolute Gasteiger partial charge is 0.451 e. The quantitative estimate of drug-likeness (QED) is 0.798. The van der Waals surface area contributed by atoms with Gasteiger partial charge in [-0.25, -0.2) is 0 Å². The molecule has 2 aromatic heterocycles. The second-order valence-corrected chi connectivity index (χ2v) is 5.05. The summed E-state index contributed by atoms with van der Waals surface area (Å²) >= 11 is 0. The average Bonchev–Trinajstić information content (AvgIpc) is 3.02. The molecule has 0 aliphatic carbocycles. The molecule has 8 heteroatoms. The van der Waals surface area contributed by atoms with E-state index in [1.165, 1.54) is 0 Å². The van der Waals surface area contributed by atoms with Crippen molar-refractivity contribution in [3.63, 3.8) is 0 Å². The summed E-state index contributed by atoms with van der Waals surface area (Å²) in [6, 6.07) is 7.18. The third-order valence-electron chi connectivity index (χ3n) is 3.28. The van der Waals surface area contributed by atoms with Gasteiger partial charge in [0, 0.05) is 17.1 Å². The van der Waals surface area contributed by atoms with Crippen molar-refractivity contribution in [1.82, 2.24) is 9.78 Å². The van der Waals surface area contributed by atoms with Crippen LogP contribution in [0.3, 0.4) is 0 Å². The minimum Gasteiger partial charge on any atom is -0.451 e. The number of para-hydroxylation sites is 1. The molecule has 3 aromatic rings. The number of rotatable bonds is 3. The Bertz CT molecular complexity index is 864. The van der Waals surface area contributed by atoms with Crippen LogP contribution in [0, 0.1) is 6.92 Å². The first-order chi connectivity index (χ1) is 10.8. The number of carbonyl (C=O) groups is 1. The molecule has 3 rings (SSSR count). The molecule has 0 unspecified atom stereocenters. The highest BCUT2D eigenvalue weighted by Crippen LogP contribution is 2.25. The van der Waals surface area contributed by atoms with Gasteiger partial charge in [-0.3, -0.25) is 9.48 Å². The lowest BCUT2D eigenvalue weighted by Crippen LogP contribution is -2.18. The number of amides is 1. The van der Waals surface area contributed by atoms with Gasteiger partial charge in [-0.05, 0) is 13.0 Å². The Labute approximate surface area is 128 Å². The second-order valence-electron chi connectivity index (χ2n) is 5.05. The standard InChI is InChI=1S/C15H12F3N3O2/c1-9-11-4-2-3-5-12(11)23-13(9)14(22)20-10-6-19-21(7-10)8-15(16,17)18/h2-7H,8H2,1H3,(H,20,22). The molecular weight excluding hydrogens is 311 g/mol. The average molecular weight is 323 g/mol. The molecule has 0 fully saturated rings. The lowest BCUT2D eigenvalue weighted by molar-refractivity contribution is -0.142. The van der Waals surface area contributed by atoms with Gasteiger partial charge >= 0.3 is 6.18 Å². The van der Waals surface area contributed by atoms with E-state index < -0.39 is 18.6 Å². The Kier molecular flexibility index (Phi) is 3.59. The lowest BCUT2D eigenvalue weighted by atomic mass is 10.1. The highest BCUT2D eigenvalue weighted by atomic mass is 19.4. The third-order valence-corrected chi connectivity index (χ3v) is 3.28. The van der Waals surface area contributed by atoms with Gasteiger partial charge in [0.05, 0.1) is 11.9 Å². The first kappa shape index (κ1) is 15.1. The molecule has 120 valence electrons. The van der Waals surface area contributed by atoms with Crippen molar-refractivity contribution < 1.29 is 22.4 Å². The number of nitrogens with zero attached hydrogens (tertiary/aromatic N) is 2. The van der Waals surface area contributed by atoms with Gasteiger partial charge in [0.2, 0.25) is 0 Å². The van der Waals surface area contributed by atoms with E-state index in [9.17, 15) is 18.0 Å². The Morgan fingerprint density at radius 3 is 2.78 bits per heavy atom. The fraction of sp³-hybridized carbons (Fsp3) is 0.200. The third kappa shape index (κ3) is 3.20. The fourth-order valence-corrected chi connectivity index (χ4v) is 2.28. The van der Waals surface area contributed by atoms with E-state index in [0.29, 0.717) is 15.8 Å². The monoisotopic (exact) mass is 323 g/mol. The first-order valence-electron chi connectivity index (χ1n) is 6.72. The van der Waals surface area contributed by atoms with Gasteiger partial charge in [0.25, 0.3) is 5.91 Å². The van der Waals surface area contributed by atoms with Gasteiger partial charge in [-0.15, -0.1) is 0 Å². The maximum absolute atomic E-state index is 12.3. The van der Waals surface area contributed by atoms with Crippen LogP contribution in [0.4, 0.5) is 18.9 Å². The van der Waals surface area contributed by atoms with Crippen LogP contribution in [0.1, 0.15) is 16.1 Å². The number of nitrogens with one attached hydrogen (secondary N) is 1. The molecule has 5 nitrogen and oxygen atoms in total. The number of carbonyl (C=O) groups excluding carboxylic acids is 1. The molecule has 0 saturated heterocycles. The van der Waals surface area contributed by atoms with E-state index in [-0.39, 0.29) is 11.4 Å². The molecule has 1 amide bonds. The zero-order valence-corrected chi connectivity index (χ0v) is 12.0. The van der Waals surface area contributed by atoms with E-state index in [2.05, 4.69) is 10.4 Å². The molecule has 0 radical (unpaired) electrons. The summed E-state index contributed by atoms with van der Waals surface area (Å²) < 4.78 is 43.1. The summed E-state index contributed by atoms with van der Waals surface area (Å²) in [6.45, 7) is 0.528. The second kappa shape index (κ2) is 5.45. The number of aromatic nitrogens is 2. The predicted octanol–water partition coefficient (Wildman–Crippen LogP) is 3.75. The number of anilines is 1. The molecular formula is C15H12F3N3O2. The molecule has 0 spiro atoms. The first-order valence-corrected chi connectivity index (χ1v) is 6.72. The Morgan fingerprint density at radius 1 is 1.35 bits per heavy atom. The van der Waals surface area contributed by atoms with Gasteiger partial charge in [-0.2, -0.15) is 18.3 Å². The van der Waals surface area contributed by atoms with Crippen LogP contribution in [0.15, 0.2) is 41.1 Å².